The van der Waals surface area contributed by atoms with E-state index in [2.05, 4.69) is 10.3 Å². The van der Waals surface area contributed by atoms with Crippen LogP contribution < -0.4 is 5.32 Å². The molecule has 0 fully saturated rings. The number of nitrogens with zero attached hydrogens (tertiary/aromatic N) is 1. The fraction of sp³-hybridized carbons (Fsp3) is 0.154. The molecule has 1 aromatic heterocycles. The second kappa shape index (κ2) is 5.19. The summed E-state index contributed by atoms with van der Waals surface area (Å²) in [4.78, 5) is 26.6. The van der Waals surface area contributed by atoms with Crippen molar-refractivity contribution in [2.45, 2.75) is 13.8 Å². The molecule has 0 bridgehead atoms. The first-order chi connectivity index (χ1) is 8.97. The Balaban J connectivity index is 2.29. The van der Waals surface area contributed by atoms with Crippen LogP contribution in [-0.4, -0.2) is 22.0 Å². The summed E-state index contributed by atoms with van der Waals surface area (Å²) in [6, 6.07) is 7.12. The summed E-state index contributed by atoms with van der Waals surface area (Å²) in [6.45, 7) is 3.17. The van der Waals surface area contributed by atoms with Gasteiger partial charge in [-0.1, -0.05) is 0 Å². The largest absolute Gasteiger partial charge is 0.476 e. The Morgan fingerprint density at radius 1 is 1.26 bits per heavy atom. The van der Waals surface area contributed by atoms with Crippen LogP contribution >= 0.6 is 11.3 Å². The molecule has 1 aromatic carbocycles. The van der Waals surface area contributed by atoms with Gasteiger partial charge in [-0.2, -0.15) is 0 Å². The van der Waals surface area contributed by atoms with Gasteiger partial charge < -0.3 is 10.4 Å². The molecule has 2 rings (SSSR count). The number of aryl methyl sites for hydroxylation is 1. The van der Waals surface area contributed by atoms with Crippen LogP contribution in [0.3, 0.4) is 0 Å². The molecular formula is C13H12N2O3S. The smallest absolute Gasteiger partial charge is 0.355 e. The summed E-state index contributed by atoms with van der Waals surface area (Å²) in [7, 11) is 0. The minimum atomic E-state index is -1.02. The summed E-state index contributed by atoms with van der Waals surface area (Å²) < 4.78 is 0. The molecule has 98 valence electrons. The van der Waals surface area contributed by atoms with Gasteiger partial charge in [0.2, 0.25) is 5.91 Å². The molecule has 6 heteroatoms. The minimum Gasteiger partial charge on any atom is -0.476 e. The molecule has 0 unspecified atom stereocenters. The molecule has 1 heterocycles. The predicted octanol–water partition coefficient (Wildman–Crippen LogP) is 2.78. The molecule has 5 nitrogen and oxygen atoms in total. The van der Waals surface area contributed by atoms with Crippen LogP contribution in [0.5, 0.6) is 0 Å². The van der Waals surface area contributed by atoms with Crippen molar-refractivity contribution in [2.24, 2.45) is 0 Å². The maximum Gasteiger partial charge on any atom is 0.355 e. The number of carboxylic acids is 1. The first kappa shape index (κ1) is 13.2. The lowest BCUT2D eigenvalue weighted by Gasteiger charge is -2.02. The van der Waals surface area contributed by atoms with E-state index in [-0.39, 0.29) is 11.6 Å². The normalized spacial score (nSPS) is 10.2. The maximum absolute atomic E-state index is 10.9. The highest BCUT2D eigenvalue weighted by Gasteiger charge is 2.14. The van der Waals surface area contributed by atoms with Crippen molar-refractivity contribution in [1.82, 2.24) is 4.98 Å². The number of aromatic carboxylic acids is 1. The second-order valence-electron chi connectivity index (χ2n) is 3.99. The molecule has 0 spiro atoms. The third-order valence-electron chi connectivity index (χ3n) is 2.45. The highest BCUT2D eigenvalue weighted by atomic mass is 32.1. The summed E-state index contributed by atoms with van der Waals surface area (Å²) in [5, 5.41) is 12.3. The molecule has 1 amide bonds. The zero-order chi connectivity index (χ0) is 14.0. The molecule has 0 aliphatic heterocycles. The Hall–Kier alpha value is -2.21. The number of carboxylic acid groups (broad SMARTS) is 1. The average molecular weight is 276 g/mol. The van der Waals surface area contributed by atoms with Crippen molar-refractivity contribution < 1.29 is 14.7 Å². The molecule has 0 saturated heterocycles. The van der Waals surface area contributed by atoms with E-state index in [1.165, 1.54) is 18.3 Å². The molecule has 0 radical (unpaired) electrons. The third kappa shape index (κ3) is 2.97. The number of amides is 1. The van der Waals surface area contributed by atoms with Gasteiger partial charge >= 0.3 is 5.97 Å². The van der Waals surface area contributed by atoms with Gasteiger partial charge in [0.25, 0.3) is 0 Å². The van der Waals surface area contributed by atoms with Crippen molar-refractivity contribution in [3.8, 4) is 10.6 Å². The van der Waals surface area contributed by atoms with Crippen LogP contribution in [-0.2, 0) is 4.79 Å². The highest BCUT2D eigenvalue weighted by molar-refractivity contribution is 7.15. The van der Waals surface area contributed by atoms with Crippen LogP contribution in [0, 0.1) is 6.92 Å². The number of hydrogen-bond donors (Lipinski definition) is 2. The summed E-state index contributed by atoms with van der Waals surface area (Å²) >= 11 is 1.34. The quantitative estimate of drug-likeness (QED) is 0.903. The van der Waals surface area contributed by atoms with Crippen molar-refractivity contribution in [1.29, 1.82) is 0 Å². The van der Waals surface area contributed by atoms with Gasteiger partial charge in [0.15, 0.2) is 5.69 Å². The average Bonchev–Trinajstić information content (AvgIpc) is 2.71. The summed E-state index contributed by atoms with van der Waals surface area (Å²) in [5.74, 6) is -1.15. The topological polar surface area (TPSA) is 79.3 Å². The van der Waals surface area contributed by atoms with Crippen molar-refractivity contribution >= 4 is 28.9 Å². The van der Waals surface area contributed by atoms with Crippen molar-refractivity contribution in [3.05, 3.63) is 34.8 Å². The third-order valence-corrected chi connectivity index (χ3v) is 3.47. The van der Waals surface area contributed by atoms with Crippen LogP contribution in [0.1, 0.15) is 22.3 Å². The first-order valence-electron chi connectivity index (χ1n) is 5.56. The van der Waals surface area contributed by atoms with Gasteiger partial charge in [-0.05, 0) is 31.2 Å². The van der Waals surface area contributed by atoms with E-state index in [1.807, 2.05) is 0 Å². The van der Waals surface area contributed by atoms with Crippen LogP contribution in [0.15, 0.2) is 24.3 Å². The Labute approximate surface area is 113 Å². The molecule has 2 N–H and O–H groups in total. The van der Waals surface area contributed by atoms with E-state index in [4.69, 9.17) is 5.11 Å². The maximum atomic E-state index is 10.9. The molecule has 0 saturated carbocycles. The number of aromatic nitrogens is 1. The number of hydrogen-bond acceptors (Lipinski definition) is 4. The lowest BCUT2D eigenvalue weighted by Crippen LogP contribution is -2.05. The zero-order valence-corrected chi connectivity index (χ0v) is 11.2. The van der Waals surface area contributed by atoms with Crippen molar-refractivity contribution in [2.75, 3.05) is 5.32 Å². The fourth-order valence-electron chi connectivity index (χ4n) is 1.62. The lowest BCUT2D eigenvalue weighted by molar-refractivity contribution is -0.114. The Morgan fingerprint density at radius 2 is 1.89 bits per heavy atom. The standard InChI is InChI=1S/C13H12N2O3S/c1-7-11(13(17)18)15-12(19-7)9-3-5-10(6-4-9)14-8(2)16/h3-6H,1-2H3,(H,14,16)(H,17,18). The SMILES string of the molecule is CC(=O)Nc1ccc(-c2nc(C(=O)O)c(C)s2)cc1. The first-order valence-corrected chi connectivity index (χ1v) is 6.38. The zero-order valence-electron chi connectivity index (χ0n) is 10.4. The number of benzene rings is 1. The molecule has 0 atom stereocenters. The second-order valence-corrected chi connectivity index (χ2v) is 5.19. The van der Waals surface area contributed by atoms with E-state index in [0.29, 0.717) is 15.6 Å². The number of rotatable bonds is 3. The monoisotopic (exact) mass is 276 g/mol. The van der Waals surface area contributed by atoms with Crippen molar-refractivity contribution in [3.63, 3.8) is 0 Å². The van der Waals surface area contributed by atoms with Gasteiger partial charge in [-0.15, -0.1) is 11.3 Å². The number of nitrogens with one attached hydrogen (secondary N) is 1. The Kier molecular flexibility index (Phi) is 3.62. The summed E-state index contributed by atoms with van der Waals surface area (Å²) in [6.07, 6.45) is 0. The number of anilines is 1. The van der Waals surface area contributed by atoms with Gasteiger partial charge in [0.1, 0.15) is 5.01 Å². The minimum absolute atomic E-state index is 0.0888. The number of carbonyl (C=O) groups is 2. The number of thiazole rings is 1. The molecule has 0 aliphatic carbocycles. The number of carbonyl (C=O) groups excluding carboxylic acids is 1. The van der Waals surface area contributed by atoms with Gasteiger partial charge in [-0.25, -0.2) is 9.78 Å². The van der Waals surface area contributed by atoms with E-state index >= 15 is 0 Å². The molecule has 19 heavy (non-hydrogen) atoms. The fourth-order valence-corrected chi connectivity index (χ4v) is 2.53. The molecular weight excluding hydrogens is 264 g/mol. The van der Waals surface area contributed by atoms with Gasteiger partial charge in [0, 0.05) is 23.1 Å². The molecule has 0 aliphatic rings. The van der Waals surface area contributed by atoms with Crippen LogP contribution in [0.4, 0.5) is 5.69 Å². The lowest BCUT2D eigenvalue weighted by atomic mass is 10.2. The van der Waals surface area contributed by atoms with E-state index in [0.717, 1.165) is 5.56 Å². The Morgan fingerprint density at radius 3 is 2.37 bits per heavy atom. The van der Waals surface area contributed by atoms with Gasteiger partial charge in [-0.3, -0.25) is 4.79 Å². The molecule has 2 aromatic rings. The van der Waals surface area contributed by atoms with E-state index in [9.17, 15) is 9.59 Å². The van der Waals surface area contributed by atoms with E-state index < -0.39 is 5.97 Å². The highest BCUT2D eigenvalue weighted by Crippen LogP contribution is 2.28. The summed E-state index contributed by atoms with van der Waals surface area (Å²) in [5.41, 5.74) is 1.61. The van der Waals surface area contributed by atoms with Gasteiger partial charge in [0.05, 0.1) is 0 Å². The van der Waals surface area contributed by atoms with Crippen LogP contribution in [0.25, 0.3) is 10.6 Å². The predicted molar refractivity (Wildman–Crippen MR) is 73.6 cm³/mol. The van der Waals surface area contributed by atoms with Crippen LogP contribution in [0.2, 0.25) is 0 Å². The Bertz CT molecular complexity index is 632. The van der Waals surface area contributed by atoms with E-state index in [1.54, 1.807) is 31.2 Å².